The van der Waals surface area contributed by atoms with Gasteiger partial charge in [-0.25, -0.2) is 0 Å². The first kappa shape index (κ1) is 11.3. The topological polar surface area (TPSA) is 81.2 Å². The lowest BCUT2D eigenvalue weighted by Gasteiger charge is -2.25. The Morgan fingerprint density at radius 1 is 1.56 bits per heavy atom. The highest BCUT2D eigenvalue weighted by atomic mass is 35.5. The number of aliphatic hydroxyl groups is 1. The molecule has 88 valence electrons. The lowest BCUT2D eigenvalue weighted by Crippen LogP contribution is -2.27. The number of hydrogen-bond donors (Lipinski definition) is 1. The largest absolute Gasteiger partial charge is 0.408 e. The van der Waals surface area contributed by atoms with E-state index >= 15 is 0 Å². The van der Waals surface area contributed by atoms with Crippen LogP contribution in [0.25, 0.3) is 0 Å². The Morgan fingerprint density at radius 2 is 2.25 bits per heavy atom. The highest BCUT2D eigenvalue weighted by Crippen LogP contribution is 2.31. The minimum atomic E-state index is -0.617. The van der Waals surface area contributed by atoms with E-state index in [1.165, 1.54) is 10.9 Å². The van der Waals surface area contributed by atoms with Gasteiger partial charge in [-0.05, 0) is 17.8 Å². The van der Waals surface area contributed by atoms with E-state index in [0.29, 0.717) is 6.42 Å². The lowest BCUT2D eigenvalue weighted by atomic mass is 9.93. The lowest BCUT2D eigenvalue weighted by molar-refractivity contribution is -0.389. The average Bonchev–Trinajstić information content (AvgIpc) is 2.61. The molecule has 0 spiro atoms. The third kappa shape index (κ3) is 2.03. The van der Waals surface area contributed by atoms with Crippen molar-refractivity contribution >= 4 is 17.4 Å². The summed E-state index contributed by atoms with van der Waals surface area (Å²) in [5.41, 5.74) is 0. The predicted octanol–water partition coefficient (Wildman–Crippen LogP) is 1.92. The van der Waals surface area contributed by atoms with Gasteiger partial charge in [-0.3, -0.25) is 0 Å². The zero-order valence-corrected chi connectivity index (χ0v) is 9.30. The van der Waals surface area contributed by atoms with Crippen molar-refractivity contribution in [3.63, 3.8) is 0 Å². The van der Waals surface area contributed by atoms with Gasteiger partial charge >= 0.3 is 5.82 Å². The number of aromatic nitrogens is 2. The fourth-order valence-electron chi connectivity index (χ4n) is 2.05. The van der Waals surface area contributed by atoms with Crippen molar-refractivity contribution in [3.8, 4) is 0 Å². The summed E-state index contributed by atoms with van der Waals surface area (Å²) >= 11 is 5.70. The molecule has 1 aromatic rings. The summed E-state index contributed by atoms with van der Waals surface area (Å²) in [7, 11) is 0. The van der Waals surface area contributed by atoms with E-state index in [4.69, 9.17) is 11.6 Å². The Balaban J connectivity index is 2.26. The molecule has 16 heavy (non-hydrogen) atoms. The summed E-state index contributed by atoms with van der Waals surface area (Å²) in [6.45, 7) is 0. The van der Waals surface area contributed by atoms with Gasteiger partial charge in [-0.2, -0.15) is 4.68 Å². The molecule has 0 radical (unpaired) electrons. The van der Waals surface area contributed by atoms with Gasteiger partial charge in [-0.15, -0.1) is 0 Å². The van der Waals surface area contributed by atoms with Gasteiger partial charge in [0.15, 0.2) is 5.02 Å². The van der Waals surface area contributed by atoms with E-state index < -0.39 is 11.0 Å². The summed E-state index contributed by atoms with van der Waals surface area (Å²) in [4.78, 5) is 9.97. The number of aliphatic hydroxyl groups excluding tert-OH is 1. The second-order valence-electron chi connectivity index (χ2n) is 3.96. The summed E-state index contributed by atoms with van der Waals surface area (Å²) in [6.07, 6.45) is 4.37. The van der Waals surface area contributed by atoms with Crippen LogP contribution in [0.5, 0.6) is 0 Å². The van der Waals surface area contributed by atoms with Crippen molar-refractivity contribution in [2.75, 3.05) is 0 Å². The molecule has 1 N–H and O–H groups in total. The Kier molecular flexibility index (Phi) is 3.11. The molecule has 2 rings (SSSR count). The highest BCUT2D eigenvalue weighted by molar-refractivity contribution is 6.32. The van der Waals surface area contributed by atoms with Gasteiger partial charge < -0.3 is 15.2 Å². The number of halogens is 1. The molecule has 2 atom stereocenters. The molecule has 1 aromatic heterocycles. The SMILES string of the molecule is O=[N+]([O-])c1nn([C@H]2CCCC[C@@H]2O)cc1Cl. The van der Waals surface area contributed by atoms with E-state index in [1.54, 1.807) is 0 Å². The van der Waals surface area contributed by atoms with Gasteiger partial charge in [0.1, 0.15) is 0 Å². The Labute approximate surface area is 97.0 Å². The van der Waals surface area contributed by atoms with Crippen LogP contribution in [-0.4, -0.2) is 25.9 Å². The summed E-state index contributed by atoms with van der Waals surface area (Å²) in [6, 6.07) is -0.194. The number of nitro groups is 1. The van der Waals surface area contributed by atoms with Crippen molar-refractivity contribution in [1.82, 2.24) is 9.78 Å². The molecule has 1 saturated carbocycles. The highest BCUT2D eigenvalue weighted by Gasteiger charge is 2.30. The molecule has 0 bridgehead atoms. The molecule has 0 amide bonds. The standard InChI is InChI=1S/C9H12ClN3O3/c10-6-5-12(11-9(6)13(15)16)7-3-1-2-4-8(7)14/h5,7-8,14H,1-4H2/t7-,8-/m0/s1. The number of nitrogens with zero attached hydrogens (tertiary/aromatic N) is 3. The van der Waals surface area contributed by atoms with Crippen LogP contribution < -0.4 is 0 Å². The van der Waals surface area contributed by atoms with E-state index in [1.807, 2.05) is 0 Å². The normalized spacial score (nSPS) is 25.6. The molecule has 1 aliphatic rings. The van der Waals surface area contributed by atoms with E-state index in [-0.39, 0.29) is 16.9 Å². The quantitative estimate of drug-likeness (QED) is 0.638. The maximum Gasteiger partial charge on any atom is 0.408 e. The minimum Gasteiger partial charge on any atom is -0.391 e. The van der Waals surface area contributed by atoms with Crippen LogP contribution in [0.4, 0.5) is 5.82 Å². The molecule has 1 heterocycles. The molecule has 0 aliphatic heterocycles. The molecule has 6 nitrogen and oxygen atoms in total. The Hall–Kier alpha value is -1.14. The van der Waals surface area contributed by atoms with Crippen LogP contribution in [-0.2, 0) is 0 Å². The fourth-order valence-corrected chi connectivity index (χ4v) is 2.26. The first-order valence-corrected chi connectivity index (χ1v) is 5.54. The van der Waals surface area contributed by atoms with Crippen molar-refractivity contribution in [3.05, 3.63) is 21.3 Å². The van der Waals surface area contributed by atoms with Crippen LogP contribution >= 0.6 is 11.6 Å². The van der Waals surface area contributed by atoms with Crippen LogP contribution in [0.1, 0.15) is 31.7 Å². The van der Waals surface area contributed by atoms with Gasteiger partial charge in [0.25, 0.3) is 0 Å². The van der Waals surface area contributed by atoms with E-state index in [2.05, 4.69) is 5.10 Å². The number of hydrogen-bond acceptors (Lipinski definition) is 4. The first-order chi connectivity index (χ1) is 7.59. The fraction of sp³-hybridized carbons (Fsp3) is 0.667. The minimum absolute atomic E-state index is 0.0165. The third-order valence-electron chi connectivity index (χ3n) is 2.88. The van der Waals surface area contributed by atoms with Crippen molar-refractivity contribution < 1.29 is 10.0 Å². The smallest absolute Gasteiger partial charge is 0.391 e. The second-order valence-corrected chi connectivity index (χ2v) is 4.36. The Morgan fingerprint density at radius 3 is 2.81 bits per heavy atom. The molecule has 1 fully saturated rings. The molecule has 1 aliphatic carbocycles. The number of rotatable bonds is 2. The maximum atomic E-state index is 10.6. The molecular weight excluding hydrogens is 234 g/mol. The van der Waals surface area contributed by atoms with Crippen LogP contribution in [0, 0.1) is 10.1 Å². The van der Waals surface area contributed by atoms with Crippen LogP contribution in [0.15, 0.2) is 6.20 Å². The molecule has 0 aromatic carbocycles. The molecule has 0 unspecified atom stereocenters. The Bertz CT molecular complexity index is 407. The zero-order chi connectivity index (χ0) is 11.7. The summed E-state index contributed by atoms with van der Waals surface area (Å²) < 4.78 is 1.42. The third-order valence-corrected chi connectivity index (χ3v) is 3.14. The molecular formula is C9H12ClN3O3. The maximum absolute atomic E-state index is 10.6. The van der Waals surface area contributed by atoms with Crippen LogP contribution in [0.2, 0.25) is 5.02 Å². The molecule has 0 saturated heterocycles. The van der Waals surface area contributed by atoms with Gasteiger partial charge in [0, 0.05) is 0 Å². The van der Waals surface area contributed by atoms with E-state index in [0.717, 1.165) is 19.3 Å². The first-order valence-electron chi connectivity index (χ1n) is 5.16. The van der Waals surface area contributed by atoms with Crippen molar-refractivity contribution in [2.45, 2.75) is 37.8 Å². The van der Waals surface area contributed by atoms with Gasteiger partial charge in [0.2, 0.25) is 0 Å². The van der Waals surface area contributed by atoms with Gasteiger partial charge in [-0.1, -0.05) is 24.4 Å². The predicted molar refractivity (Wildman–Crippen MR) is 57.4 cm³/mol. The van der Waals surface area contributed by atoms with Crippen LogP contribution in [0.3, 0.4) is 0 Å². The average molecular weight is 246 g/mol. The van der Waals surface area contributed by atoms with Gasteiger partial charge in [0.05, 0.1) is 23.4 Å². The molecule has 7 heteroatoms. The summed E-state index contributed by atoms with van der Waals surface area (Å²) in [5.74, 6) is -0.348. The monoisotopic (exact) mass is 245 g/mol. The summed E-state index contributed by atoms with van der Waals surface area (Å²) in [5, 5.41) is 24.2. The van der Waals surface area contributed by atoms with E-state index in [9.17, 15) is 15.2 Å². The van der Waals surface area contributed by atoms with Crippen molar-refractivity contribution in [2.24, 2.45) is 0 Å². The second kappa shape index (κ2) is 4.39. The van der Waals surface area contributed by atoms with Crippen molar-refractivity contribution in [1.29, 1.82) is 0 Å². The zero-order valence-electron chi connectivity index (χ0n) is 8.54.